The van der Waals surface area contributed by atoms with Gasteiger partial charge in [-0.25, -0.2) is 4.79 Å². The van der Waals surface area contributed by atoms with E-state index < -0.39 is 22.3 Å². The molecule has 0 aromatic heterocycles. The van der Waals surface area contributed by atoms with Crippen LogP contribution in [0.2, 0.25) is 0 Å². The molecule has 0 heterocycles. The van der Waals surface area contributed by atoms with Gasteiger partial charge in [0.2, 0.25) is 5.43 Å². The van der Waals surface area contributed by atoms with Crippen molar-refractivity contribution in [1.82, 2.24) is 0 Å². The number of rotatable bonds is 4. The number of carboxylic acid groups (broad SMARTS) is 1. The maximum Gasteiger partial charge on any atom is 0.383 e. The zero-order valence-electron chi connectivity index (χ0n) is 11.1. The molecule has 0 saturated heterocycles. The predicted molar refractivity (Wildman–Crippen MR) is 76.4 cm³/mol. The fourth-order valence-corrected chi connectivity index (χ4v) is 2.27. The Bertz CT molecular complexity index is 583. The molecular formula is C13H15NO5S. The highest BCUT2D eigenvalue weighted by atomic mass is 32.2. The molecular weight excluding hydrogens is 282 g/mol. The number of thioether (sulfide) groups is 1. The SMILES string of the molecule is CCN(CC)c1cc(SC(=O)C(=O)O)cc(=O)c(O)c1. The second-order valence-electron chi connectivity index (χ2n) is 3.88. The van der Waals surface area contributed by atoms with Crippen molar-refractivity contribution in [3.63, 3.8) is 0 Å². The fraction of sp³-hybridized carbons (Fsp3) is 0.308. The van der Waals surface area contributed by atoms with Crippen molar-refractivity contribution in [2.75, 3.05) is 18.0 Å². The second-order valence-corrected chi connectivity index (χ2v) is 4.92. The Hall–Kier alpha value is -2.02. The first-order valence-electron chi connectivity index (χ1n) is 5.97. The number of nitrogens with zero attached hydrogens (tertiary/aromatic N) is 1. The molecule has 7 heteroatoms. The summed E-state index contributed by atoms with van der Waals surface area (Å²) in [5.74, 6) is -2.02. The van der Waals surface area contributed by atoms with Crippen molar-refractivity contribution in [2.45, 2.75) is 18.7 Å². The normalized spacial score (nSPS) is 10.1. The van der Waals surface area contributed by atoms with Gasteiger partial charge in [0.15, 0.2) is 5.75 Å². The molecule has 0 atom stereocenters. The van der Waals surface area contributed by atoms with Crippen LogP contribution < -0.4 is 10.3 Å². The van der Waals surface area contributed by atoms with E-state index in [9.17, 15) is 19.5 Å². The van der Waals surface area contributed by atoms with Crippen molar-refractivity contribution >= 4 is 28.5 Å². The van der Waals surface area contributed by atoms with E-state index >= 15 is 0 Å². The highest BCUT2D eigenvalue weighted by Gasteiger charge is 2.15. The Morgan fingerprint density at radius 2 is 1.80 bits per heavy atom. The minimum Gasteiger partial charge on any atom is -0.504 e. The molecule has 0 fully saturated rings. The first kappa shape index (κ1) is 16.0. The lowest BCUT2D eigenvalue weighted by molar-refractivity contribution is -0.144. The summed E-state index contributed by atoms with van der Waals surface area (Å²) >= 11 is 0.444. The molecule has 6 nitrogen and oxygen atoms in total. The average Bonchev–Trinajstić information content (AvgIpc) is 2.51. The summed E-state index contributed by atoms with van der Waals surface area (Å²) in [4.78, 5) is 35.4. The van der Waals surface area contributed by atoms with Crippen LogP contribution in [-0.2, 0) is 9.59 Å². The van der Waals surface area contributed by atoms with Gasteiger partial charge in [-0.1, -0.05) is 0 Å². The largest absolute Gasteiger partial charge is 0.504 e. The Kier molecular flexibility index (Phi) is 5.57. The Morgan fingerprint density at radius 1 is 1.20 bits per heavy atom. The summed E-state index contributed by atoms with van der Waals surface area (Å²) in [5.41, 5.74) is -0.112. The molecule has 0 aliphatic carbocycles. The minimum atomic E-state index is -1.58. The molecule has 108 valence electrons. The van der Waals surface area contributed by atoms with Crippen LogP contribution in [0, 0.1) is 0 Å². The lowest BCUT2D eigenvalue weighted by atomic mass is 10.3. The number of aliphatic carboxylic acids is 1. The third-order valence-corrected chi connectivity index (χ3v) is 3.45. The topological polar surface area (TPSA) is 94.9 Å². The Balaban J connectivity index is 3.32. The summed E-state index contributed by atoms with van der Waals surface area (Å²) in [6.45, 7) is 5.10. The predicted octanol–water partition coefficient (Wildman–Crippen LogP) is 1.30. The third kappa shape index (κ3) is 3.99. The van der Waals surface area contributed by atoms with Crippen LogP contribution >= 0.6 is 11.8 Å². The molecule has 0 radical (unpaired) electrons. The maximum absolute atomic E-state index is 11.6. The van der Waals surface area contributed by atoms with Crippen LogP contribution in [0.15, 0.2) is 27.9 Å². The first-order chi connectivity index (χ1) is 9.38. The van der Waals surface area contributed by atoms with Gasteiger partial charge >= 0.3 is 11.1 Å². The maximum atomic E-state index is 11.6. The summed E-state index contributed by atoms with van der Waals surface area (Å²) in [5, 5.41) is 17.1. The first-order valence-corrected chi connectivity index (χ1v) is 6.79. The Morgan fingerprint density at radius 3 is 2.30 bits per heavy atom. The zero-order valence-corrected chi connectivity index (χ0v) is 11.9. The zero-order chi connectivity index (χ0) is 15.3. The number of hydrogen-bond acceptors (Lipinski definition) is 6. The second kappa shape index (κ2) is 6.95. The van der Waals surface area contributed by atoms with E-state index in [0.717, 1.165) is 6.07 Å². The number of carbonyl (C=O) groups is 2. The van der Waals surface area contributed by atoms with Crippen molar-refractivity contribution in [1.29, 1.82) is 0 Å². The van der Waals surface area contributed by atoms with Gasteiger partial charge in [0.05, 0.1) is 0 Å². The monoisotopic (exact) mass is 297 g/mol. The number of carboxylic acids is 1. The standard InChI is InChI=1S/C13H15NO5S/c1-3-14(4-2)8-5-9(20-13(19)12(17)18)7-11(16)10(15)6-8/h5-7H,3-4H2,1-2H3,(H,15,16)(H,17,18). The van der Waals surface area contributed by atoms with E-state index in [1.807, 2.05) is 18.7 Å². The lowest BCUT2D eigenvalue weighted by Crippen LogP contribution is -2.21. The van der Waals surface area contributed by atoms with E-state index in [-0.39, 0.29) is 4.90 Å². The molecule has 0 unspecified atom stereocenters. The molecule has 0 aliphatic heterocycles. The van der Waals surface area contributed by atoms with Gasteiger partial charge in [0.1, 0.15) is 0 Å². The molecule has 0 saturated carbocycles. The van der Waals surface area contributed by atoms with Crippen LogP contribution in [0.1, 0.15) is 13.8 Å². The third-order valence-electron chi connectivity index (χ3n) is 2.61. The van der Waals surface area contributed by atoms with Gasteiger partial charge in [0, 0.05) is 35.8 Å². The molecule has 0 aliphatic rings. The summed E-state index contributed by atoms with van der Waals surface area (Å²) in [7, 11) is 0. The molecule has 1 aromatic carbocycles. The van der Waals surface area contributed by atoms with E-state index in [2.05, 4.69) is 0 Å². The van der Waals surface area contributed by atoms with Crippen LogP contribution in [0.4, 0.5) is 5.69 Å². The van der Waals surface area contributed by atoms with Gasteiger partial charge in [0.25, 0.3) is 0 Å². The van der Waals surface area contributed by atoms with Gasteiger partial charge in [-0.3, -0.25) is 9.59 Å². The van der Waals surface area contributed by atoms with Crippen molar-refractivity contribution in [3.8, 4) is 5.75 Å². The van der Waals surface area contributed by atoms with Gasteiger partial charge in [-0.2, -0.15) is 0 Å². The Labute approximate surface area is 120 Å². The van der Waals surface area contributed by atoms with Crippen molar-refractivity contribution in [3.05, 3.63) is 28.4 Å². The van der Waals surface area contributed by atoms with Gasteiger partial charge < -0.3 is 15.1 Å². The smallest absolute Gasteiger partial charge is 0.383 e. The number of carbonyl (C=O) groups excluding carboxylic acids is 1. The van der Waals surface area contributed by atoms with E-state index in [1.54, 1.807) is 0 Å². The van der Waals surface area contributed by atoms with Crippen LogP contribution in [-0.4, -0.2) is 34.4 Å². The number of aromatic hydroxyl groups is 1. The fourth-order valence-electron chi connectivity index (χ4n) is 1.62. The van der Waals surface area contributed by atoms with E-state index in [4.69, 9.17) is 5.11 Å². The molecule has 1 aromatic rings. The number of anilines is 1. The van der Waals surface area contributed by atoms with Gasteiger partial charge in [-0.05, 0) is 31.7 Å². The molecule has 2 N–H and O–H groups in total. The summed E-state index contributed by atoms with van der Waals surface area (Å²) < 4.78 is 0. The van der Waals surface area contributed by atoms with Gasteiger partial charge in [-0.15, -0.1) is 0 Å². The molecule has 1 rings (SSSR count). The van der Waals surface area contributed by atoms with Crippen molar-refractivity contribution in [2.24, 2.45) is 0 Å². The average molecular weight is 297 g/mol. The lowest BCUT2D eigenvalue weighted by Gasteiger charge is -2.20. The molecule has 0 spiro atoms. The van der Waals surface area contributed by atoms with E-state index in [1.165, 1.54) is 12.1 Å². The van der Waals surface area contributed by atoms with Crippen LogP contribution in [0.3, 0.4) is 0 Å². The summed E-state index contributed by atoms with van der Waals surface area (Å²) in [6, 6.07) is 3.87. The van der Waals surface area contributed by atoms with Crippen molar-refractivity contribution < 1.29 is 19.8 Å². The molecule has 0 bridgehead atoms. The summed E-state index contributed by atoms with van der Waals surface area (Å²) in [6.07, 6.45) is 0. The van der Waals surface area contributed by atoms with E-state index in [0.29, 0.717) is 30.5 Å². The quantitative estimate of drug-likeness (QED) is 0.639. The minimum absolute atomic E-state index is 0.185. The highest BCUT2D eigenvalue weighted by Crippen LogP contribution is 2.24. The van der Waals surface area contributed by atoms with Crippen LogP contribution in [0.25, 0.3) is 0 Å². The molecule has 20 heavy (non-hydrogen) atoms. The molecule has 0 amide bonds. The van der Waals surface area contributed by atoms with Crippen LogP contribution in [0.5, 0.6) is 5.75 Å². The highest BCUT2D eigenvalue weighted by molar-refractivity contribution is 8.15. The number of hydrogen-bond donors (Lipinski definition) is 2.